The summed E-state index contributed by atoms with van der Waals surface area (Å²) in [6.07, 6.45) is 2.28. The van der Waals surface area contributed by atoms with Crippen molar-refractivity contribution < 1.29 is 14.3 Å². The molecule has 1 amide bonds. The van der Waals surface area contributed by atoms with Gasteiger partial charge in [0.1, 0.15) is 22.7 Å². The number of primary amides is 1. The summed E-state index contributed by atoms with van der Waals surface area (Å²) in [5.41, 5.74) is 5.38. The number of rotatable bonds is 4. The van der Waals surface area contributed by atoms with E-state index in [0.29, 0.717) is 17.1 Å². The molecule has 0 saturated heterocycles. The van der Waals surface area contributed by atoms with Crippen molar-refractivity contribution in [1.29, 1.82) is 0 Å². The first kappa shape index (κ1) is 12.7. The molecule has 0 radical (unpaired) electrons. The van der Waals surface area contributed by atoms with Gasteiger partial charge < -0.3 is 15.2 Å². The molecular weight excluding hydrogens is 230 g/mol. The van der Waals surface area contributed by atoms with Crippen LogP contribution in [0.1, 0.15) is 44.0 Å². The van der Waals surface area contributed by atoms with E-state index in [9.17, 15) is 4.79 Å². The summed E-state index contributed by atoms with van der Waals surface area (Å²) < 4.78 is 11.4. The van der Waals surface area contributed by atoms with E-state index in [2.05, 4.69) is 0 Å². The van der Waals surface area contributed by atoms with E-state index < -0.39 is 5.91 Å². The van der Waals surface area contributed by atoms with Crippen LogP contribution < -0.4 is 15.2 Å². The fraction of sp³-hybridized carbons (Fsp3) is 0.500. The third-order valence-electron chi connectivity index (χ3n) is 2.47. The summed E-state index contributed by atoms with van der Waals surface area (Å²) >= 11 is 0. The van der Waals surface area contributed by atoms with Crippen molar-refractivity contribution >= 4 is 5.91 Å². The molecule has 0 unspecified atom stereocenters. The van der Waals surface area contributed by atoms with Gasteiger partial charge in [-0.2, -0.15) is 0 Å². The highest BCUT2D eigenvalue weighted by Crippen LogP contribution is 2.34. The number of amides is 1. The van der Waals surface area contributed by atoms with E-state index in [1.165, 1.54) is 0 Å². The first-order valence-electron chi connectivity index (χ1n) is 6.15. The number of carbonyl (C=O) groups excluding carboxylic acids is 1. The Morgan fingerprint density at radius 1 is 1.28 bits per heavy atom. The topological polar surface area (TPSA) is 61.6 Å². The summed E-state index contributed by atoms with van der Waals surface area (Å²) in [4.78, 5) is 11.6. The number of nitrogens with two attached hydrogens (primary N) is 1. The number of benzene rings is 1. The zero-order valence-corrected chi connectivity index (χ0v) is 11.0. The second kappa shape index (κ2) is 4.52. The maximum Gasteiger partial charge on any atom is 0.256 e. The maximum absolute atomic E-state index is 11.6. The molecule has 0 aliphatic heterocycles. The lowest BCUT2D eigenvalue weighted by Gasteiger charge is -2.23. The minimum Gasteiger partial charge on any atom is -0.489 e. The minimum atomic E-state index is -0.523. The molecule has 98 valence electrons. The van der Waals surface area contributed by atoms with Crippen molar-refractivity contribution in [3.05, 3.63) is 23.8 Å². The van der Waals surface area contributed by atoms with Gasteiger partial charge in [0.05, 0.1) is 6.10 Å². The van der Waals surface area contributed by atoms with Crippen molar-refractivity contribution in [2.24, 2.45) is 5.73 Å². The highest BCUT2D eigenvalue weighted by Gasteiger charge is 2.27. The molecule has 2 N–H and O–H groups in total. The van der Waals surface area contributed by atoms with Crippen LogP contribution in [0.5, 0.6) is 11.5 Å². The smallest absolute Gasteiger partial charge is 0.256 e. The monoisotopic (exact) mass is 249 g/mol. The van der Waals surface area contributed by atoms with Crippen LogP contribution in [0.4, 0.5) is 0 Å². The maximum atomic E-state index is 11.6. The van der Waals surface area contributed by atoms with Crippen molar-refractivity contribution in [2.75, 3.05) is 0 Å². The number of hydrogen-bond acceptors (Lipinski definition) is 3. The molecule has 1 saturated carbocycles. The number of ether oxygens (including phenoxy) is 2. The first-order chi connectivity index (χ1) is 8.37. The van der Waals surface area contributed by atoms with Crippen LogP contribution in [0.25, 0.3) is 0 Å². The van der Waals surface area contributed by atoms with Gasteiger partial charge in [-0.15, -0.1) is 0 Å². The lowest BCUT2D eigenvalue weighted by Crippen LogP contribution is -2.25. The average Bonchev–Trinajstić information content (AvgIpc) is 2.98. The molecule has 0 bridgehead atoms. The Morgan fingerprint density at radius 3 is 2.39 bits per heavy atom. The van der Waals surface area contributed by atoms with Crippen LogP contribution >= 0.6 is 0 Å². The first-order valence-corrected chi connectivity index (χ1v) is 6.15. The van der Waals surface area contributed by atoms with Crippen LogP contribution in [0.3, 0.4) is 0 Å². The predicted molar refractivity (Wildman–Crippen MR) is 69.0 cm³/mol. The van der Waals surface area contributed by atoms with Crippen LogP contribution in [-0.4, -0.2) is 17.6 Å². The summed E-state index contributed by atoms with van der Waals surface area (Å²) in [6, 6.07) is 5.31. The fourth-order valence-electron chi connectivity index (χ4n) is 1.63. The highest BCUT2D eigenvalue weighted by molar-refractivity contribution is 5.98. The van der Waals surface area contributed by atoms with Gasteiger partial charge in [0.25, 0.3) is 5.91 Å². The molecule has 0 spiro atoms. The molecular formula is C14H19NO3. The Bertz CT molecular complexity index is 459. The van der Waals surface area contributed by atoms with Gasteiger partial charge in [0.15, 0.2) is 0 Å². The van der Waals surface area contributed by atoms with Crippen molar-refractivity contribution in [3.63, 3.8) is 0 Å². The van der Waals surface area contributed by atoms with E-state index in [1.807, 2.05) is 26.8 Å². The van der Waals surface area contributed by atoms with Crippen molar-refractivity contribution in [3.8, 4) is 11.5 Å². The Morgan fingerprint density at radius 2 is 1.89 bits per heavy atom. The molecule has 0 aromatic heterocycles. The molecule has 1 aliphatic carbocycles. The van der Waals surface area contributed by atoms with Gasteiger partial charge in [-0.05, 0) is 45.7 Å². The summed E-state index contributed by atoms with van der Waals surface area (Å²) in [7, 11) is 0. The lowest BCUT2D eigenvalue weighted by molar-refractivity contribution is 0.0971. The van der Waals surface area contributed by atoms with Crippen LogP contribution in [-0.2, 0) is 0 Å². The van der Waals surface area contributed by atoms with Crippen LogP contribution in [0, 0.1) is 0 Å². The second-order valence-corrected chi connectivity index (χ2v) is 5.53. The Labute approximate surface area is 107 Å². The van der Waals surface area contributed by atoms with Crippen LogP contribution in [0.15, 0.2) is 18.2 Å². The standard InChI is InChI=1S/C14H19NO3/c1-14(2,3)18-11-6-4-5-10(12(11)13(15)16)17-9-7-8-9/h4-6,9H,7-8H2,1-3H3,(H2,15,16). The van der Waals surface area contributed by atoms with E-state index in [4.69, 9.17) is 15.2 Å². The Hall–Kier alpha value is -1.71. The van der Waals surface area contributed by atoms with Crippen LogP contribution in [0.2, 0.25) is 0 Å². The Balaban J connectivity index is 2.35. The number of hydrogen-bond donors (Lipinski definition) is 1. The molecule has 18 heavy (non-hydrogen) atoms. The van der Waals surface area contributed by atoms with E-state index in [1.54, 1.807) is 12.1 Å². The van der Waals surface area contributed by atoms with E-state index in [0.717, 1.165) is 12.8 Å². The molecule has 1 aliphatic rings. The quantitative estimate of drug-likeness (QED) is 0.891. The fourth-order valence-corrected chi connectivity index (χ4v) is 1.63. The van der Waals surface area contributed by atoms with E-state index >= 15 is 0 Å². The molecule has 1 aromatic carbocycles. The molecule has 4 nitrogen and oxygen atoms in total. The molecule has 1 fully saturated rings. The van der Waals surface area contributed by atoms with Gasteiger partial charge >= 0.3 is 0 Å². The number of carbonyl (C=O) groups is 1. The largest absolute Gasteiger partial charge is 0.489 e. The summed E-state index contributed by atoms with van der Waals surface area (Å²) in [5.74, 6) is 0.477. The second-order valence-electron chi connectivity index (χ2n) is 5.53. The molecule has 1 aromatic rings. The van der Waals surface area contributed by atoms with Gasteiger partial charge in [-0.25, -0.2) is 0 Å². The molecule has 0 atom stereocenters. The average molecular weight is 249 g/mol. The zero-order valence-electron chi connectivity index (χ0n) is 11.0. The van der Waals surface area contributed by atoms with Crippen molar-refractivity contribution in [1.82, 2.24) is 0 Å². The van der Waals surface area contributed by atoms with Gasteiger partial charge in [-0.3, -0.25) is 4.79 Å². The highest BCUT2D eigenvalue weighted by atomic mass is 16.5. The Kier molecular flexibility index (Phi) is 3.20. The predicted octanol–water partition coefficient (Wildman–Crippen LogP) is 2.50. The van der Waals surface area contributed by atoms with E-state index in [-0.39, 0.29) is 11.7 Å². The normalized spacial score (nSPS) is 15.3. The van der Waals surface area contributed by atoms with Gasteiger partial charge in [0.2, 0.25) is 0 Å². The van der Waals surface area contributed by atoms with Gasteiger partial charge in [-0.1, -0.05) is 6.07 Å². The zero-order chi connectivity index (χ0) is 13.3. The SMILES string of the molecule is CC(C)(C)Oc1cccc(OC2CC2)c1C(N)=O. The summed E-state index contributed by atoms with van der Waals surface area (Å²) in [5, 5.41) is 0. The molecule has 0 heterocycles. The minimum absolute atomic E-state index is 0.216. The third kappa shape index (κ3) is 3.15. The van der Waals surface area contributed by atoms with Gasteiger partial charge in [0, 0.05) is 0 Å². The molecule has 4 heteroatoms. The molecule has 2 rings (SSSR count). The summed E-state index contributed by atoms with van der Waals surface area (Å²) in [6.45, 7) is 5.77. The third-order valence-corrected chi connectivity index (χ3v) is 2.47. The van der Waals surface area contributed by atoms with Crippen molar-refractivity contribution in [2.45, 2.75) is 45.3 Å². The lowest BCUT2D eigenvalue weighted by atomic mass is 10.1.